The summed E-state index contributed by atoms with van der Waals surface area (Å²) in [5, 5.41) is 31.3. The Kier molecular flexibility index (Phi) is 11.8. The van der Waals surface area contributed by atoms with E-state index in [4.69, 9.17) is 14.2 Å². The second-order valence-electron chi connectivity index (χ2n) is 11.4. The third kappa shape index (κ3) is 10.3. The Balaban J connectivity index is 2.11. The van der Waals surface area contributed by atoms with Crippen molar-refractivity contribution in [1.29, 1.82) is 0 Å². The van der Waals surface area contributed by atoms with Crippen molar-refractivity contribution in [1.82, 2.24) is 0 Å². The molecular weight excluding hydrogens is 488 g/mol. The summed E-state index contributed by atoms with van der Waals surface area (Å²) in [6.07, 6.45) is 10.2. The lowest BCUT2D eigenvalue weighted by Crippen LogP contribution is -2.34. The predicted molar refractivity (Wildman–Crippen MR) is 145 cm³/mol. The Bertz CT molecular complexity index is 891. The summed E-state index contributed by atoms with van der Waals surface area (Å²) >= 11 is 0. The zero-order valence-corrected chi connectivity index (χ0v) is 23.9. The Morgan fingerprint density at radius 1 is 1.37 bits per heavy atom. The Labute approximate surface area is 227 Å². The topological polar surface area (TPSA) is 126 Å². The molecule has 8 nitrogen and oxygen atoms in total. The van der Waals surface area contributed by atoms with E-state index in [0.717, 1.165) is 5.57 Å². The van der Waals surface area contributed by atoms with Gasteiger partial charge in [0.05, 0.1) is 36.4 Å². The largest absolute Gasteiger partial charge is 0.459 e. The molecular formula is C30H47O8. The highest BCUT2D eigenvalue weighted by Crippen LogP contribution is 2.37. The highest BCUT2D eigenvalue weighted by molar-refractivity contribution is 5.70. The summed E-state index contributed by atoms with van der Waals surface area (Å²) in [6, 6.07) is 0. The lowest BCUT2D eigenvalue weighted by atomic mass is 9.90. The van der Waals surface area contributed by atoms with Crippen LogP contribution in [0.1, 0.15) is 80.6 Å². The third-order valence-electron chi connectivity index (χ3n) is 7.40. The first-order valence-corrected chi connectivity index (χ1v) is 13.7. The Morgan fingerprint density at radius 3 is 2.68 bits per heavy atom. The van der Waals surface area contributed by atoms with Gasteiger partial charge in [0.25, 0.3) is 0 Å². The van der Waals surface area contributed by atoms with Crippen LogP contribution in [0.5, 0.6) is 0 Å². The molecule has 0 aromatic carbocycles. The van der Waals surface area contributed by atoms with Gasteiger partial charge in [-0.25, -0.2) is 0 Å². The number of epoxide rings is 1. The van der Waals surface area contributed by atoms with Crippen LogP contribution < -0.4 is 0 Å². The molecule has 0 aromatic heterocycles. The van der Waals surface area contributed by atoms with Crippen molar-refractivity contribution in [2.24, 2.45) is 11.8 Å². The number of carbonyl (C=O) groups is 2. The maximum atomic E-state index is 12.6. The van der Waals surface area contributed by atoms with E-state index in [2.05, 4.69) is 0 Å². The van der Waals surface area contributed by atoms with Gasteiger partial charge in [-0.1, -0.05) is 51.2 Å². The fourth-order valence-corrected chi connectivity index (χ4v) is 4.94. The van der Waals surface area contributed by atoms with E-state index in [0.29, 0.717) is 19.3 Å². The molecule has 0 amide bonds. The van der Waals surface area contributed by atoms with E-state index in [-0.39, 0.29) is 36.9 Å². The van der Waals surface area contributed by atoms with Crippen LogP contribution in [0.15, 0.2) is 36.0 Å². The van der Waals surface area contributed by atoms with Crippen LogP contribution in [0.4, 0.5) is 0 Å². The Hall–Kier alpha value is -2.00. The van der Waals surface area contributed by atoms with Crippen molar-refractivity contribution < 1.29 is 39.1 Å². The van der Waals surface area contributed by atoms with E-state index in [1.807, 2.05) is 33.8 Å². The number of rotatable bonds is 9. The molecule has 2 rings (SSSR count). The number of hydrogen-bond acceptors (Lipinski definition) is 8. The van der Waals surface area contributed by atoms with Crippen molar-refractivity contribution in [2.75, 3.05) is 0 Å². The number of carbonyl (C=O) groups excluding carboxylic acids is 2. The Morgan fingerprint density at radius 2 is 2.05 bits per heavy atom. The van der Waals surface area contributed by atoms with E-state index < -0.39 is 41.5 Å². The molecule has 8 heteroatoms. The van der Waals surface area contributed by atoms with Crippen LogP contribution >= 0.6 is 0 Å². The minimum Gasteiger partial charge on any atom is -0.459 e. The van der Waals surface area contributed by atoms with Crippen LogP contribution in [-0.2, 0) is 23.8 Å². The summed E-state index contributed by atoms with van der Waals surface area (Å²) < 4.78 is 17.0. The summed E-state index contributed by atoms with van der Waals surface area (Å²) in [5.74, 6) is -1.11. The first-order valence-electron chi connectivity index (χ1n) is 13.7. The van der Waals surface area contributed by atoms with Crippen molar-refractivity contribution in [3.05, 3.63) is 42.4 Å². The number of aliphatic hydroxyl groups is 3. The second-order valence-corrected chi connectivity index (χ2v) is 11.4. The fourth-order valence-electron chi connectivity index (χ4n) is 4.94. The highest BCUT2D eigenvalue weighted by Gasteiger charge is 2.47. The molecule has 1 saturated heterocycles. The van der Waals surface area contributed by atoms with Crippen LogP contribution in [0.25, 0.3) is 0 Å². The molecule has 2 heterocycles. The number of allylic oxidation sites excluding steroid dienone is 2. The van der Waals surface area contributed by atoms with Crippen molar-refractivity contribution >= 4 is 11.9 Å². The van der Waals surface area contributed by atoms with Crippen molar-refractivity contribution in [3.8, 4) is 0 Å². The second kappa shape index (κ2) is 13.9. The molecule has 0 saturated carbocycles. The van der Waals surface area contributed by atoms with Crippen LogP contribution in [-0.4, -0.2) is 69.0 Å². The van der Waals surface area contributed by atoms with E-state index in [1.54, 1.807) is 44.6 Å². The minimum atomic E-state index is -1.11. The molecule has 38 heavy (non-hydrogen) atoms. The lowest BCUT2D eigenvalue weighted by molar-refractivity contribution is -0.155. The number of ether oxygens (including phenoxy) is 3. The van der Waals surface area contributed by atoms with Gasteiger partial charge in [-0.05, 0) is 45.6 Å². The van der Waals surface area contributed by atoms with E-state index in [9.17, 15) is 24.9 Å². The number of cyclic esters (lactones) is 1. The first-order chi connectivity index (χ1) is 17.7. The first kappa shape index (κ1) is 32.2. The molecule has 0 spiro atoms. The molecule has 3 N–H and O–H groups in total. The summed E-state index contributed by atoms with van der Waals surface area (Å²) in [4.78, 5) is 24.2. The molecule has 1 radical (unpaired) electrons. The average Bonchev–Trinajstić information content (AvgIpc) is 3.56. The molecule has 215 valence electrons. The van der Waals surface area contributed by atoms with Crippen LogP contribution in [0.3, 0.4) is 0 Å². The minimum absolute atomic E-state index is 0.0138. The molecule has 2 aliphatic heterocycles. The van der Waals surface area contributed by atoms with Gasteiger partial charge in [-0.3, -0.25) is 9.59 Å². The van der Waals surface area contributed by atoms with Crippen molar-refractivity contribution in [3.63, 3.8) is 0 Å². The molecule has 0 aromatic rings. The van der Waals surface area contributed by atoms with Gasteiger partial charge < -0.3 is 29.5 Å². The smallest absolute Gasteiger partial charge is 0.309 e. The molecule has 1 fully saturated rings. The van der Waals surface area contributed by atoms with Gasteiger partial charge in [-0.2, -0.15) is 0 Å². The van der Waals surface area contributed by atoms with Gasteiger partial charge in [0.2, 0.25) is 0 Å². The zero-order valence-electron chi connectivity index (χ0n) is 23.9. The van der Waals surface area contributed by atoms with Crippen LogP contribution in [0.2, 0.25) is 0 Å². The number of aliphatic hydroxyl groups excluding tert-OH is 2. The van der Waals surface area contributed by atoms with Gasteiger partial charge in [0, 0.05) is 31.6 Å². The van der Waals surface area contributed by atoms with E-state index in [1.165, 1.54) is 6.92 Å². The average molecular weight is 536 g/mol. The molecule has 0 aliphatic carbocycles. The summed E-state index contributed by atoms with van der Waals surface area (Å²) in [7, 11) is 0. The standard InChI is InChI=1S/C30H47O8/c1-8-24(33)21(4)28-25(36-28)18-29(6,35)14-9-11-19(2)27-20(3)12-10-15-30(7,38-22(5)31)16-13-23(32)17-26(34)37-27/h9-12,14-15,20-21,23-25,27-28,32-33,35H,8,13,16-18H2,1-7H3/b12-10+,14-9+,19-11+/t20-,21+,23-,24+,25+,27+,28+,29+,30-/m0/s1. The van der Waals surface area contributed by atoms with E-state index >= 15 is 0 Å². The lowest BCUT2D eigenvalue weighted by Gasteiger charge is -2.30. The van der Waals surface area contributed by atoms with Gasteiger partial charge in [0.15, 0.2) is 0 Å². The quantitative estimate of drug-likeness (QED) is 0.230. The highest BCUT2D eigenvalue weighted by atomic mass is 16.6. The normalized spacial score (nSPS) is 35.3. The molecule has 9 atom stereocenters. The number of hydrogen-bond donors (Lipinski definition) is 3. The summed E-state index contributed by atoms with van der Waals surface area (Å²) in [5.41, 5.74) is -1.23. The van der Waals surface area contributed by atoms with Gasteiger partial charge in [-0.15, -0.1) is 0 Å². The van der Waals surface area contributed by atoms with Crippen LogP contribution in [0, 0.1) is 18.3 Å². The SMILES string of the molecule is CC[C@@H](O)[C@@H](C)[C@H]1O[C@@H]1C[C@](C)(O)/C=C/C=C(\C)[C@H]1OC(=O)C[C@@H](O)CC[C@@](C)(OC(C)=O)[CH]/C=C/[C@@H]1C. The fraction of sp³-hybridized carbons (Fsp3) is 0.700. The summed E-state index contributed by atoms with van der Waals surface area (Å²) in [6.45, 7) is 12.5. The monoisotopic (exact) mass is 535 g/mol. The molecule has 2 aliphatic rings. The van der Waals surface area contributed by atoms with Gasteiger partial charge in [0.1, 0.15) is 11.7 Å². The maximum Gasteiger partial charge on any atom is 0.309 e. The number of esters is 2. The predicted octanol–water partition coefficient (Wildman–Crippen LogP) is 3.98. The maximum absolute atomic E-state index is 12.6. The van der Waals surface area contributed by atoms with Crippen molar-refractivity contribution in [2.45, 2.75) is 122 Å². The molecule has 0 unspecified atom stereocenters. The molecule has 0 bridgehead atoms. The van der Waals surface area contributed by atoms with Gasteiger partial charge >= 0.3 is 11.9 Å². The third-order valence-corrected chi connectivity index (χ3v) is 7.40. The zero-order chi connectivity index (χ0) is 28.7.